The normalized spacial score (nSPS) is 10.9. The number of rotatable bonds is 5. The van der Waals surface area contributed by atoms with Crippen LogP contribution in [0.1, 0.15) is 37.6 Å². The second-order valence-corrected chi connectivity index (χ2v) is 5.64. The van der Waals surface area contributed by atoms with Crippen LogP contribution in [0.4, 0.5) is 11.4 Å². The number of nitrogens with one attached hydrogen (secondary N) is 2. The highest BCUT2D eigenvalue weighted by Crippen LogP contribution is 2.18. The SMILES string of the molecule is CC(C)(C)NC(=O)CCNc1ccc(N)cc1C(N)=O. The zero-order valence-corrected chi connectivity index (χ0v) is 12.1. The van der Waals surface area contributed by atoms with Gasteiger partial charge in [-0.2, -0.15) is 0 Å². The molecule has 0 aliphatic rings. The van der Waals surface area contributed by atoms with Crippen molar-refractivity contribution in [3.05, 3.63) is 23.8 Å². The van der Waals surface area contributed by atoms with Gasteiger partial charge < -0.3 is 22.1 Å². The predicted octanol–water partition coefficient (Wildman–Crippen LogP) is 1.08. The van der Waals surface area contributed by atoms with Gasteiger partial charge in [-0.25, -0.2) is 0 Å². The quantitative estimate of drug-likeness (QED) is 0.604. The Balaban J connectivity index is 2.58. The van der Waals surface area contributed by atoms with Gasteiger partial charge in [0.05, 0.1) is 5.56 Å². The summed E-state index contributed by atoms with van der Waals surface area (Å²) in [6.45, 7) is 6.17. The van der Waals surface area contributed by atoms with Crippen molar-refractivity contribution in [1.82, 2.24) is 5.32 Å². The van der Waals surface area contributed by atoms with E-state index in [0.29, 0.717) is 29.9 Å². The average Bonchev–Trinajstić information content (AvgIpc) is 2.28. The van der Waals surface area contributed by atoms with E-state index in [1.165, 1.54) is 6.07 Å². The van der Waals surface area contributed by atoms with Gasteiger partial charge in [0.1, 0.15) is 0 Å². The molecule has 0 radical (unpaired) electrons. The maximum atomic E-state index is 11.7. The Kier molecular flexibility index (Phi) is 4.96. The van der Waals surface area contributed by atoms with Crippen molar-refractivity contribution in [2.45, 2.75) is 32.7 Å². The molecule has 2 amide bonds. The number of benzene rings is 1. The van der Waals surface area contributed by atoms with E-state index in [-0.39, 0.29) is 11.4 Å². The van der Waals surface area contributed by atoms with E-state index in [2.05, 4.69) is 10.6 Å². The Morgan fingerprint density at radius 1 is 1.25 bits per heavy atom. The summed E-state index contributed by atoms with van der Waals surface area (Å²) in [4.78, 5) is 23.0. The Labute approximate surface area is 118 Å². The first kappa shape index (κ1) is 15.8. The summed E-state index contributed by atoms with van der Waals surface area (Å²) in [7, 11) is 0. The second-order valence-electron chi connectivity index (χ2n) is 5.64. The van der Waals surface area contributed by atoms with Crippen molar-refractivity contribution in [3.63, 3.8) is 0 Å². The topological polar surface area (TPSA) is 110 Å². The van der Waals surface area contributed by atoms with Gasteiger partial charge in [-0.3, -0.25) is 9.59 Å². The van der Waals surface area contributed by atoms with Crippen LogP contribution in [0, 0.1) is 0 Å². The monoisotopic (exact) mass is 278 g/mol. The van der Waals surface area contributed by atoms with Gasteiger partial charge >= 0.3 is 0 Å². The van der Waals surface area contributed by atoms with Crippen LogP contribution in [0.5, 0.6) is 0 Å². The Hall–Kier alpha value is -2.24. The highest BCUT2D eigenvalue weighted by molar-refractivity contribution is 5.99. The van der Waals surface area contributed by atoms with Crippen molar-refractivity contribution in [1.29, 1.82) is 0 Å². The van der Waals surface area contributed by atoms with E-state index in [4.69, 9.17) is 11.5 Å². The van der Waals surface area contributed by atoms with Gasteiger partial charge in [0.2, 0.25) is 5.91 Å². The first-order chi connectivity index (χ1) is 9.19. The molecule has 0 saturated heterocycles. The number of nitrogen functional groups attached to an aromatic ring is 1. The molecule has 6 N–H and O–H groups in total. The number of amides is 2. The minimum absolute atomic E-state index is 0.0546. The third kappa shape index (κ3) is 5.17. The third-order valence-electron chi connectivity index (χ3n) is 2.49. The maximum absolute atomic E-state index is 11.7. The van der Waals surface area contributed by atoms with Crippen molar-refractivity contribution < 1.29 is 9.59 Å². The van der Waals surface area contributed by atoms with Gasteiger partial charge in [-0.15, -0.1) is 0 Å². The lowest BCUT2D eigenvalue weighted by Crippen LogP contribution is -2.41. The summed E-state index contributed by atoms with van der Waals surface area (Å²) in [5.41, 5.74) is 12.0. The van der Waals surface area contributed by atoms with Crippen LogP contribution in [0.2, 0.25) is 0 Å². The number of carbonyl (C=O) groups is 2. The van der Waals surface area contributed by atoms with E-state index in [9.17, 15) is 9.59 Å². The van der Waals surface area contributed by atoms with Crippen molar-refractivity contribution in [3.8, 4) is 0 Å². The molecule has 0 aromatic heterocycles. The third-order valence-corrected chi connectivity index (χ3v) is 2.49. The standard InChI is InChI=1S/C14H22N4O2/c1-14(2,3)18-12(19)6-7-17-11-5-4-9(15)8-10(11)13(16)20/h4-5,8,17H,6-7,15H2,1-3H3,(H2,16,20)(H,18,19). The van der Waals surface area contributed by atoms with E-state index in [0.717, 1.165) is 0 Å². The summed E-state index contributed by atoms with van der Waals surface area (Å²) in [6, 6.07) is 4.86. The summed E-state index contributed by atoms with van der Waals surface area (Å²) in [5.74, 6) is -0.611. The molecule has 0 bridgehead atoms. The molecule has 0 heterocycles. The predicted molar refractivity (Wildman–Crippen MR) is 80.4 cm³/mol. The minimum atomic E-state index is -0.557. The fraction of sp³-hybridized carbons (Fsp3) is 0.429. The number of anilines is 2. The van der Waals surface area contributed by atoms with Crippen LogP contribution in [-0.2, 0) is 4.79 Å². The molecule has 1 aromatic carbocycles. The van der Waals surface area contributed by atoms with Crippen LogP contribution in [0.15, 0.2) is 18.2 Å². The molecule has 0 saturated carbocycles. The van der Waals surface area contributed by atoms with Crippen LogP contribution in [0.25, 0.3) is 0 Å². The molecule has 1 aromatic rings. The van der Waals surface area contributed by atoms with Crippen molar-refractivity contribution in [2.24, 2.45) is 5.73 Å². The second kappa shape index (κ2) is 6.27. The average molecular weight is 278 g/mol. The maximum Gasteiger partial charge on any atom is 0.250 e. The number of primary amides is 1. The summed E-state index contributed by atoms with van der Waals surface area (Å²) >= 11 is 0. The minimum Gasteiger partial charge on any atom is -0.399 e. The molecule has 0 atom stereocenters. The first-order valence-electron chi connectivity index (χ1n) is 6.43. The van der Waals surface area contributed by atoms with Gasteiger partial charge in [-0.05, 0) is 39.0 Å². The lowest BCUT2D eigenvalue weighted by atomic mass is 10.1. The molecule has 0 aliphatic carbocycles. The number of hydrogen-bond donors (Lipinski definition) is 4. The molecule has 0 aliphatic heterocycles. The molecular formula is C14H22N4O2. The van der Waals surface area contributed by atoms with E-state index in [1.54, 1.807) is 12.1 Å². The molecule has 1 rings (SSSR count). The first-order valence-corrected chi connectivity index (χ1v) is 6.43. The molecule has 6 nitrogen and oxygen atoms in total. The van der Waals surface area contributed by atoms with Crippen LogP contribution in [-0.4, -0.2) is 23.9 Å². The van der Waals surface area contributed by atoms with Gasteiger partial charge in [0, 0.05) is 29.9 Å². The molecule has 110 valence electrons. The largest absolute Gasteiger partial charge is 0.399 e. The number of hydrogen-bond acceptors (Lipinski definition) is 4. The van der Waals surface area contributed by atoms with Crippen LogP contribution >= 0.6 is 0 Å². The molecule has 20 heavy (non-hydrogen) atoms. The van der Waals surface area contributed by atoms with E-state index in [1.807, 2.05) is 20.8 Å². The summed E-state index contributed by atoms with van der Waals surface area (Å²) in [5, 5.41) is 5.88. The molecule has 0 fully saturated rings. The van der Waals surface area contributed by atoms with Gasteiger partial charge in [0.15, 0.2) is 0 Å². The van der Waals surface area contributed by atoms with Gasteiger partial charge in [0.25, 0.3) is 5.91 Å². The Bertz CT molecular complexity index is 506. The number of nitrogens with two attached hydrogens (primary N) is 2. The summed E-state index contributed by atoms with van der Waals surface area (Å²) in [6.07, 6.45) is 0.305. The van der Waals surface area contributed by atoms with Crippen LogP contribution in [0.3, 0.4) is 0 Å². The number of carbonyl (C=O) groups excluding carboxylic acids is 2. The van der Waals surface area contributed by atoms with Crippen LogP contribution < -0.4 is 22.1 Å². The molecule has 0 unspecified atom stereocenters. The summed E-state index contributed by atoms with van der Waals surface area (Å²) < 4.78 is 0. The molecular weight excluding hydrogens is 256 g/mol. The lowest BCUT2D eigenvalue weighted by molar-refractivity contribution is -0.122. The van der Waals surface area contributed by atoms with Crippen molar-refractivity contribution >= 4 is 23.2 Å². The highest BCUT2D eigenvalue weighted by Gasteiger charge is 2.13. The van der Waals surface area contributed by atoms with E-state index >= 15 is 0 Å². The Morgan fingerprint density at radius 2 is 1.90 bits per heavy atom. The lowest BCUT2D eigenvalue weighted by Gasteiger charge is -2.20. The molecule has 0 spiro atoms. The van der Waals surface area contributed by atoms with Crippen molar-refractivity contribution in [2.75, 3.05) is 17.6 Å². The zero-order chi connectivity index (χ0) is 15.3. The highest BCUT2D eigenvalue weighted by atomic mass is 16.2. The zero-order valence-electron chi connectivity index (χ0n) is 12.1. The van der Waals surface area contributed by atoms with Gasteiger partial charge in [-0.1, -0.05) is 0 Å². The smallest absolute Gasteiger partial charge is 0.250 e. The fourth-order valence-corrected chi connectivity index (χ4v) is 1.71. The fourth-order valence-electron chi connectivity index (χ4n) is 1.71. The van der Waals surface area contributed by atoms with E-state index < -0.39 is 5.91 Å². The molecule has 6 heteroatoms. The Morgan fingerprint density at radius 3 is 2.45 bits per heavy atom.